The second-order valence-corrected chi connectivity index (χ2v) is 9.05. The molecule has 3 heterocycles. The maximum Gasteiger partial charge on any atom is 0.417 e. The number of nitrogens with one attached hydrogen (secondary N) is 1. The van der Waals surface area contributed by atoms with Crippen molar-refractivity contribution < 1.29 is 9.25 Å². The molecule has 6 nitrogen and oxygen atoms in total. The largest absolute Gasteiger partial charge is 0.417 e. The molecule has 3 aromatic rings. The van der Waals surface area contributed by atoms with E-state index in [0.717, 1.165) is 43.2 Å². The third kappa shape index (κ3) is 5.48. The second-order valence-electron chi connectivity index (χ2n) is 8.38. The van der Waals surface area contributed by atoms with Crippen LogP contribution in [-0.4, -0.2) is 41.3 Å². The lowest BCUT2D eigenvalue weighted by atomic mass is 9.90. The number of nitrogens with zero attached hydrogens (tertiary/aromatic N) is 2. The number of oxazole rings is 1. The van der Waals surface area contributed by atoms with Crippen molar-refractivity contribution >= 4 is 31.4 Å². The molecule has 32 heavy (non-hydrogen) atoms. The smallest absolute Gasteiger partial charge is 0.408 e. The van der Waals surface area contributed by atoms with Crippen LogP contribution in [0.2, 0.25) is 0 Å². The number of likely N-dealkylation sites (tertiary alicyclic amines) is 1. The van der Waals surface area contributed by atoms with Gasteiger partial charge in [0.15, 0.2) is 5.58 Å². The quantitative estimate of drug-likeness (QED) is 0.591. The van der Waals surface area contributed by atoms with Crippen molar-refractivity contribution in [3.8, 4) is 0 Å². The number of rotatable bonds is 5. The Morgan fingerprint density at radius 2 is 1.88 bits per heavy atom. The number of hydrogen-bond acceptors (Lipinski definition) is 5. The summed E-state index contributed by atoms with van der Waals surface area (Å²) in [6.45, 7) is 7.13. The maximum atomic E-state index is 11.4. The number of aromatic nitrogens is 1. The van der Waals surface area contributed by atoms with Crippen LogP contribution in [0.4, 0.5) is 0 Å². The standard InChI is InChI=1S/C23H26N3O3P.C2H6/c27-23-24-20-6-3-17(12-22(20)28-23)21-13-18(29-25-21)14-26-9-7-16(8-10-26)11-15-1-4-19(30)5-2-15;1-2/h1-6,12,16,18H,7-11,13-14,30H2,(H,24,27);1-2H3. The highest BCUT2D eigenvalue weighted by Crippen LogP contribution is 2.24. The first kappa shape index (κ1) is 22.8. The third-order valence-corrected chi connectivity index (χ3v) is 6.55. The van der Waals surface area contributed by atoms with Gasteiger partial charge in [-0.15, -0.1) is 9.24 Å². The Labute approximate surface area is 191 Å². The van der Waals surface area contributed by atoms with Crippen LogP contribution in [0.25, 0.3) is 11.1 Å². The maximum absolute atomic E-state index is 11.4. The van der Waals surface area contributed by atoms with E-state index < -0.39 is 5.76 Å². The lowest BCUT2D eigenvalue weighted by molar-refractivity contribution is 0.0419. The lowest BCUT2D eigenvalue weighted by Crippen LogP contribution is -2.39. The number of H-pyrrole nitrogens is 1. The van der Waals surface area contributed by atoms with Crippen molar-refractivity contribution in [2.45, 2.75) is 45.6 Å². The highest BCUT2D eigenvalue weighted by Gasteiger charge is 2.27. The number of benzene rings is 2. The fraction of sp³-hybridized carbons (Fsp3) is 0.440. The Balaban J connectivity index is 0.00000119. The van der Waals surface area contributed by atoms with Crippen molar-refractivity contribution in [2.24, 2.45) is 11.1 Å². The van der Waals surface area contributed by atoms with Crippen LogP contribution in [0.1, 0.15) is 44.2 Å². The fourth-order valence-electron chi connectivity index (χ4n) is 4.47. The number of hydrogen-bond donors (Lipinski definition) is 1. The summed E-state index contributed by atoms with van der Waals surface area (Å²) in [7, 11) is 2.74. The first-order valence-electron chi connectivity index (χ1n) is 11.5. The first-order chi connectivity index (χ1) is 15.6. The molecule has 0 bridgehead atoms. The van der Waals surface area contributed by atoms with Crippen molar-refractivity contribution in [2.75, 3.05) is 19.6 Å². The normalized spacial score (nSPS) is 19.3. The van der Waals surface area contributed by atoms with Crippen LogP contribution in [-0.2, 0) is 11.3 Å². The summed E-state index contributed by atoms with van der Waals surface area (Å²) in [4.78, 5) is 22.2. The summed E-state index contributed by atoms with van der Waals surface area (Å²) in [5.74, 6) is 0.324. The van der Waals surface area contributed by atoms with Gasteiger partial charge in [-0.3, -0.25) is 9.88 Å². The predicted molar refractivity (Wildman–Crippen MR) is 133 cm³/mol. The number of piperidine rings is 1. The molecular formula is C25H32N3O3P. The lowest BCUT2D eigenvalue weighted by Gasteiger charge is -2.33. The third-order valence-electron chi connectivity index (χ3n) is 6.16. The van der Waals surface area contributed by atoms with Gasteiger partial charge in [-0.05, 0) is 61.3 Å². The van der Waals surface area contributed by atoms with E-state index in [1.807, 2.05) is 32.0 Å². The molecule has 0 spiro atoms. The van der Waals surface area contributed by atoms with E-state index in [1.165, 1.54) is 30.1 Å². The summed E-state index contributed by atoms with van der Waals surface area (Å²) in [6.07, 6.45) is 4.49. The highest BCUT2D eigenvalue weighted by molar-refractivity contribution is 7.27. The minimum Gasteiger partial charge on any atom is -0.408 e. The molecular weight excluding hydrogens is 421 g/mol. The second kappa shape index (κ2) is 10.5. The van der Waals surface area contributed by atoms with Gasteiger partial charge < -0.3 is 9.25 Å². The van der Waals surface area contributed by atoms with E-state index in [1.54, 1.807) is 0 Å². The van der Waals surface area contributed by atoms with Gasteiger partial charge in [0.05, 0.1) is 11.2 Å². The van der Waals surface area contributed by atoms with Crippen LogP contribution in [0, 0.1) is 5.92 Å². The fourth-order valence-corrected chi connectivity index (χ4v) is 4.66. The van der Waals surface area contributed by atoms with Gasteiger partial charge in [0.2, 0.25) is 0 Å². The van der Waals surface area contributed by atoms with Crippen LogP contribution < -0.4 is 11.1 Å². The average Bonchev–Trinajstić information content (AvgIpc) is 3.43. The molecule has 0 aliphatic carbocycles. The molecule has 2 aliphatic rings. The molecule has 1 fully saturated rings. The molecule has 7 heteroatoms. The molecule has 0 radical (unpaired) electrons. The van der Waals surface area contributed by atoms with Crippen LogP contribution in [0.3, 0.4) is 0 Å². The number of oxime groups is 1. The molecule has 2 aliphatic heterocycles. The van der Waals surface area contributed by atoms with Gasteiger partial charge in [-0.25, -0.2) is 4.79 Å². The van der Waals surface area contributed by atoms with Gasteiger partial charge in [0.25, 0.3) is 0 Å². The number of fused-ring (bicyclic) bond motifs is 1. The summed E-state index contributed by atoms with van der Waals surface area (Å²) >= 11 is 0. The van der Waals surface area contributed by atoms with E-state index in [9.17, 15) is 4.79 Å². The van der Waals surface area contributed by atoms with Crippen LogP contribution in [0.5, 0.6) is 0 Å². The zero-order valence-electron chi connectivity index (χ0n) is 18.8. The Bertz CT molecular complexity index is 1110. The van der Waals surface area contributed by atoms with E-state index in [0.29, 0.717) is 11.1 Å². The van der Waals surface area contributed by atoms with Crippen molar-refractivity contribution in [1.29, 1.82) is 0 Å². The molecule has 2 aromatic carbocycles. The zero-order chi connectivity index (χ0) is 22.5. The molecule has 1 aromatic heterocycles. The summed E-state index contributed by atoms with van der Waals surface area (Å²) < 4.78 is 5.16. The molecule has 5 rings (SSSR count). The monoisotopic (exact) mass is 453 g/mol. The van der Waals surface area contributed by atoms with Gasteiger partial charge in [-0.1, -0.05) is 49.3 Å². The topological polar surface area (TPSA) is 70.8 Å². The van der Waals surface area contributed by atoms with Crippen molar-refractivity contribution in [1.82, 2.24) is 9.88 Å². The molecule has 0 amide bonds. The Hall–Kier alpha value is -2.43. The first-order valence-corrected chi connectivity index (χ1v) is 12.1. The summed E-state index contributed by atoms with van der Waals surface area (Å²) in [5, 5.41) is 5.54. The van der Waals surface area contributed by atoms with Crippen LogP contribution in [0.15, 0.2) is 56.8 Å². The van der Waals surface area contributed by atoms with Crippen molar-refractivity contribution in [3.05, 3.63) is 64.1 Å². The average molecular weight is 454 g/mol. The molecule has 2 atom stereocenters. The Kier molecular flexibility index (Phi) is 7.44. The van der Waals surface area contributed by atoms with Gasteiger partial charge >= 0.3 is 5.76 Å². The van der Waals surface area contributed by atoms with E-state index in [-0.39, 0.29) is 6.10 Å². The highest BCUT2D eigenvalue weighted by atomic mass is 31.0. The van der Waals surface area contributed by atoms with E-state index >= 15 is 0 Å². The molecule has 1 N–H and O–H groups in total. The Morgan fingerprint density at radius 3 is 2.62 bits per heavy atom. The van der Waals surface area contributed by atoms with Gasteiger partial charge in [-0.2, -0.15) is 0 Å². The Morgan fingerprint density at radius 1 is 1.12 bits per heavy atom. The SMILES string of the molecule is CC.O=c1[nH]c2ccc(C3=NOC(CN4CCC(Cc5ccc(P)cc5)CC4)C3)cc2o1. The van der Waals surface area contributed by atoms with Crippen molar-refractivity contribution in [3.63, 3.8) is 0 Å². The molecule has 0 saturated carbocycles. The molecule has 1 saturated heterocycles. The minimum atomic E-state index is -0.436. The van der Waals surface area contributed by atoms with E-state index in [4.69, 9.17) is 9.25 Å². The van der Waals surface area contributed by atoms with Gasteiger partial charge in [0, 0.05) is 18.5 Å². The predicted octanol–water partition coefficient (Wildman–Crippen LogP) is 4.10. The number of aromatic amines is 1. The van der Waals surface area contributed by atoms with Gasteiger partial charge in [0.1, 0.15) is 6.10 Å². The summed E-state index contributed by atoms with van der Waals surface area (Å²) in [5.41, 5.74) is 4.55. The minimum absolute atomic E-state index is 0.0834. The molecule has 170 valence electrons. The van der Waals surface area contributed by atoms with E-state index in [2.05, 4.69) is 48.5 Å². The molecule has 2 unspecified atom stereocenters. The van der Waals surface area contributed by atoms with Crippen LogP contribution >= 0.6 is 9.24 Å². The zero-order valence-corrected chi connectivity index (χ0v) is 20.0. The summed E-state index contributed by atoms with van der Waals surface area (Å²) in [6, 6.07) is 14.5.